The molecule has 0 bridgehead atoms. The van der Waals surface area contributed by atoms with Gasteiger partial charge in [0.05, 0.1) is 10.7 Å². The number of primary amides is 1. The quantitative estimate of drug-likeness (QED) is 0.927. The van der Waals surface area contributed by atoms with Crippen molar-refractivity contribution in [1.82, 2.24) is 9.88 Å². The van der Waals surface area contributed by atoms with Crippen molar-refractivity contribution in [3.63, 3.8) is 0 Å². The highest BCUT2D eigenvalue weighted by Gasteiger charge is 2.29. The van der Waals surface area contributed by atoms with Crippen LogP contribution in [0, 0.1) is 19.8 Å². The standard InChI is InChI=1S/C18H21N3O2S/c1-11-16(24-12(2)20-11)18(23)21-7-6-14(10-21)8-13-4-3-5-15(9-13)17(19)22/h3-5,9,14H,6-8,10H2,1-2H3,(H2,19,22)/t14-/m1/s1. The summed E-state index contributed by atoms with van der Waals surface area (Å²) in [5.41, 5.74) is 7.79. The molecule has 0 saturated carbocycles. The Morgan fingerprint density at radius 2 is 2.17 bits per heavy atom. The summed E-state index contributed by atoms with van der Waals surface area (Å²) < 4.78 is 0. The Morgan fingerprint density at radius 3 is 2.83 bits per heavy atom. The number of aromatic nitrogens is 1. The summed E-state index contributed by atoms with van der Waals surface area (Å²) in [6.45, 7) is 5.33. The minimum atomic E-state index is -0.406. The normalized spacial score (nSPS) is 17.2. The molecule has 1 atom stereocenters. The van der Waals surface area contributed by atoms with Gasteiger partial charge in [0.2, 0.25) is 5.91 Å². The van der Waals surface area contributed by atoms with E-state index in [2.05, 4.69) is 4.98 Å². The van der Waals surface area contributed by atoms with E-state index in [0.29, 0.717) is 11.5 Å². The maximum Gasteiger partial charge on any atom is 0.265 e. The second-order valence-corrected chi connectivity index (χ2v) is 7.53. The number of hydrogen-bond donors (Lipinski definition) is 1. The fourth-order valence-corrected chi connectivity index (χ4v) is 4.13. The first-order valence-corrected chi connectivity index (χ1v) is 8.87. The van der Waals surface area contributed by atoms with Gasteiger partial charge in [-0.25, -0.2) is 4.98 Å². The van der Waals surface area contributed by atoms with Gasteiger partial charge in [-0.15, -0.1) is 11.3 Å². The molecule has 1 aromatic carbocycles. The molecule has 0 spiro atoms. The van der Waals surface area contributed by atoms with E-state index < -0.39 is 5.91 Å². The third-order valence-electron chi connectivity index (χ3n) is 4.41. The highest BCUT2D eigenvalue weighted by Crippen LogP contribution is 2.26. The number of nitrogens with two attached hydrogens (primary N) is 1. The van der Waals surface area contributed by atoms with Crippen LogP contribution in [0.5, 0.6) is 0 Å². The molecule has 3 rings (SSSR count). The molecule has 1 aromatic heterocycles. The largest absolute Gasteiger partial charge is 0.366 e. The average Bonchev–Trinajstić information content (AvgIpc) is 3.13. The lowest BCUT2D eigenvalue weighted by molar-refractivity contribution is 0.0790. The van der Waals surface area contributed by atoms with Gasteiger partial charge in [0.1, 0.15) is 4.88 Å². The summed E-state index contributed by atoms with van der Waals surface area (Å²) in [4.78, 5) is 31.0. The van der Waals surface area contributed by atoms with Gasteiger partial charge in [0.15, 0.2) is 0 Å². The number of likely N-dealkylation sites (tertiary alicyclic amines) is 1. The monoisotopic (exact) mass is 343 g/mol. The number of nitrogens with zero attached hydrogens (tertiary/aromatic N) is 2. The Morgan fingerprint density at radius 1 is 1.38 bits per heavy atom. The molecule has 6 heteroatoms. The van der Waals surface area contributed by atoms with Crippen molar-refractivity contribution in [1.29, 1.82) is 0 Å². The number of rotatable bonds is 4. The molecule has 1 saturated heterocycles. The lowest BCUT2D eigenvalue weighted by Crippen LogP contribution is -2.28. The van der Waals surface area contributed by atoms with E-state index in [4.69, 9.17) is 5.73 Å². The minimum absolute atomic E-state index is 0.0893. The molecular weight excluding hydrogens is 322 g/mol. The van der Waals surface area contributed by atoms with Gasteiger partial charge in [-0.05, 0) is 50.3 Å². The number of aryl methyl sites for hydroxylation is 2. The van der Waals surface area contributed by atoms with Crippen molar-refractivity contribution in [2.75, 3.05) is 13.1 Å². The van der Waals surface area contributed by atoms with Crippen molar-refractivity contribution in [3.8, 4) is 0 Å². The molecular formula is C18H21N3O2S. The summed E-state index contributed by atoms with van der Waals surface area (Å²) >= 11 is 1.47. The van der Waals surface area contributed by atoms with E-state index in [9.17, 15) is 9.59 Å². The molecule has 5 nitrogen and oxygen atoms in total. The molecule has 1 fully saturated rings. The second kappa shape index (κ2) is 6.73. The van der Waals surface area contributed by atoms with Crippen molar-refractivity contribution in [3.05, 3.63) is 51.0 Å². The molecule has 0 radical (unpaired) electrons. The van der Waals surface area contributed by atoms with Crippen LogP contribution in [0.3, 0.4) is 0 Å². The van der Waals surface area contributed by atoms with Crippen LogP contribution >= 0.6 is 11.3 Å². The molecule has 2 aromatic rings. The minimum Gasteiger partial charge on any atom is -0.366 e. The smallest absolute Gasteiger partial charge is 0.265 e. The molecule has 2 N–H and O–H groups in total. The molecule has 0 aliphatic carbocycles. The molecule has 0 unspecified atom stereocenters. The number of carbonyl (C=O) groups excluding carboxylic acids is 2. The summed E-state index contributed by atoms with van der Waals surface area (Å²) in [6, 6.07) is 7.44. The molecule has 126 valence electrons. The van der Waals surface area contributed by atoms with Crippen LogP contribution < -0.4 is 5.73 Å². The van der Waals surface area contributed by atoms with Crippen molar-refractivity contribution < 1.29 is 9.59 Å². The van der Waals surface area contributed by atoms with Gasteiger partial charge in [0.25, 0.3) is 5.91 Å². The topological polar surface area (TPSA) is 76.3 Å². The molecule has 1 aliphatic heterocycles. The SMILES string of the molecule is Cc1nc(C)c(C(=O)N2CC[C@H](Cc3cccc(C(N)=O)c3)C2)s1. The zero-order valence-electron chi connectivity index (χ0n) is 13.9. The average molecular weight is 343 g/mol. The zero-order valence-corrected chi connectivity index (χ0v) is 14.7. The summed E-state index contributed by atoms with van der Waals surface area (Å²) in [6.07, 6.45) is 1.83. The number of thiazole rings is 1. The Hall–Kier alpha value is -2.21. The van der Waals surface area contributed by atoms with Gasteiger partial charge >= 0.3 is 0 Å². The van der Waals surface area contributed by atoms with Gasteiger partial charge < -0.3 is 10.6 Å². The van der Waals surface area contributed by atoms with Crippen LogP contribution in [0.4, 0.5) is 0 Å². The van der Waals surface area contributed by atoms with E-state index in [1.54, 1.807) is 6.07 Å². The number of benzene rings is 1. The van der Waals surface area contributed by atoms with E-state index in [0.717, 1.165) is 47.1 Å². The summed E-state index contributed by atoms with van der Waals surface area (Å²) in [7, 11) is 0. The highest BCUT2D eigenvalue weighted by atomic mass is 32.1. The van der Waals surface area contributed by atoms with Crippen LogP contribution in [0.15, 0.2) is 24.3 Å². The van der Waals surface area contributed by atoms with Crippen LogP contribution in [0.2, 0.25) is 0 Å². The van der Waals surface area contributed by atoms with Crippen LogP contribution in [0.25, 0.3) is 0 Å². The predicted octanol–water partition coefficient (Wildman–Crippen LogP) is 2.56. The Labute approximate surface area is 145 Å². The third kappa shape index (κ3) is 3.48. The van der Waals surface area contributed by atoms with E-state index in [1.165, 1.54) is 11.3 Å². The van der Waals surface area contributed by atoms with Gasteiger partial charge in [0, 0.05) is 18.7 Å². The summed E-state index contributed by atoms with van der Waals surface area (Å²) in [5, 5.41) is 0.926. The van der Waals surface area contributed by atoms with Crippen LogP contribution in [-0.2, 0) is 6.42 Å². The number of carbonyl (C=O) groups is 2. The van der Waals surface area contributed by atoms with E-state index >= 15 is 0 Å². The van der Waals surface area contributed by atoms with Crippen molar-refractivity contribution >= 4 is 23.2 Å². The zero-order chi connectivity index (χ0) is 17.3. The first-order valence-electron chi connectivity index (χ1n) is 8.06. The highest BCUT2D eigenvalue weighted by molar-refractivity contribution is 7.13. The Balaban J connectivity index is 1.65. The maximum atomic E-state index is 12.7. The van der Waals surface area contributed by atoms with Gasteiger partial charge in [-0.3, -0.25) is 9.59 Å². The third-order valence-corrected chi connectivity index (χ3v) is 5.47. The van der Waals surface area contributed by atoms with Crippen molar-refractivity contribution in [2.24, 2.45) is 11.7 Å². The first-order chi connectivity index (χ1) is 11.4. The lowest BCUT2D eigenvalue weighted by Gasteiger charge is -2.16. The summed E-state index contributed by atoms with van der Waals surface area (Å²) in [5.74, 6) is 0.0917. The van der Waals surface area contributed by atoms with Crippen molar-refractivity contribution in [2.45, 2.75) is 26.7 Å². The fourth-order valence-electron chi connectivity index (χ4n) is 3.24. The predicted molar refractivity (Wildman–Crippen MR) is 94.3 cm³/mol. The van der Waals surface area contributed by atoms with Crippen LogP contribution in [-0.4, -0.2) is 34.8 Å². The lowest BCUT2D eigenvalue weighted by atomic mass is 9.97. The first kappa shape index (κ1) is 16.6. The van der Waals surface area contributed by atoms with Gasteiger partial charge in [-0.1, -0.05) is 12.1 Å². The molecule has 2 amide bonds. The van der Waals surface area contributed by atoms with E-state index in [-0.39, 0.29) is 5.91 Å². The Bertz CT molecular complexity index is 784. The Kier molecular flexibility index (Phi) is 4.66. The molecule has 24 heavy (non-hydrogen) atoms. The fraction of sp³-hybridized carbons (Fsp3) is 0.389. The molecule has 1 aliphatic rings. The second-order valence-electron chi connectivity index (χ2n) is 6.32. The van der Waals surface area contributed by atoms with E-state index in [1.807, 2.05) is 36.9 Å². The number of amides is 2. The maximum absolute atomic E-state index is 12.7. The van der Waals surface area contributed by atoms with Crippen LogP contribution in [0.1, 0.15) is 42.7 Å². The van der Waals surface area contributed by atoms with Gasteiger partial charge in [-0.2, -0.15) is 0 Å². The molecule has 2 heterocycles. The number of hydrogen-bond acceptors (Lipinski definition) is 4.